The Morgan fingerprint density at radius 1 is 0.352 bits per heavy atom. The molecular weight excluding hydrogens is 991 g/mol. The van der Waals surface area contributed by atoms with Crippen LogP contribution in [0.4, 0.5) is 0 Å². The Labute approximate surface area is 445 Å². The summed E-state index contributed by atoms with van der Waals surface area (Å²) in [4.78, 5) is 42.3. The first-order valence-electron chi connectivity index (χ1n) is 29.2. The molecule has 71 heavy (non-hydrogen) atoms. The van der Waals surface area contributed by atoms with E-state index >= 15 is 0 Å². The van der Waals surface area contributed by atoms with E-state index in [0.717, 1.165) is 11.1 Å². The van der Waals surface area contributed by atoms with Gasteiger partial charge >= 0.3 is 171 Å². The molecule has 2 aromatic carbocycles. The van der Waals surface area contributed by atoms with Crippen LogP contribution in [0.3, 0.4) is 0 Å². The minimum absolute atomic E-state index is 0.00985. The zero-order chi connectivity index (χ0) is 52.1. The van der Waals surface area contributed by atoms with Crippen molar-refractivity contribution < 1.29 is 39.6 Å². The van der Waals surface area contributed by atoms with Crippen molar-refractivity contribution in [3.05, 3.63) is 71.8 Å². The molecule has 0 saturated heterocycles. The Kier molecular flexibility index (Phi) is 51.2. The van der Waals surface area contributed by atoms with Crippen molar-refractivity contribution in [3.8, 4) is 0 Å². The van der Waals surface area contributed by atoms with Gasteiger partial charge in [0.25, 0.3) is 0 Å². The van der Waals surface area contributed by atoms with E-state index in [-0.39, 0.29) is 34.0 Å². The van der Waals surface area contributed by atoms with E-state index in [0.29, 0.717) is 38.5 Å². The summed E-state index contributed by atoms with van der Waals surface area (Å²) in [6.45, 7) is 4.62. The Bertz CT molecular complexity index is 1360. The third-order valence-corrected chi connectivity index (χ3v) is 17.6. The summed E-state index contributed by atoms with van der Waals surface area (Å²) >= 11 is 0.00985. The van der Waals surface area contributed by atoms with Crippen molar-refractivity contribution in [2.75, 3.05) is 0 Å². The van der Waals surface area contributed by atoms with E-state index in [1.54, 1.807) is 21.7 Å². The molecule has 0 bridgehead atoms. The van der Waals surface area contributed by atoms with E-state index in [9.17, 15) is 39.6 Å². The van der Waals surface area contributed by atoms with Crippen LogP contribution in [0.5, 0.6) is 0 Å². The molecule has 8 nitrogen and oxygen atoms in total. The molecule has 2 atom stereocenters. The number of benzene rings is 2. The summed E-state index contributed by atoms with van der Waals surface area (Å²) in [5.41, 5.74) is 1.82. The van der Waals surface area contributed by atoms with Crippen LogP contribution in [0.25, 0.3) is 0 Å². The smallest absolute Gasteiger partial charge is 0.550 e. The molecule has 0 aliphatic heterocycles. The zero-order valence-electron chi connectivity index (χ0n) is 45.4. The van der Waals surface area contributed by atoms with Crippen molar-refractivity contribution in [3.63, 3.8) is 0 Å². The minimum atomic E-state index is -1.15. The number of unbranched alkanes of at least 4 members (excludes halogenated alkanes) is 30. The van der Waals surface area contributed by atoms with Gasteiger partial charge in [-0.1, -0.05) is 139 Å². The molecule has 0 aromatic heterocycles. The standard InChI is InChI=1S/2C18H37.2C13H16O4.Sn/c2*1-3-5-7-9-11-13-15-17-18-16-14-12-10-8-6-4-2;2*14-12(15)8-4-7-11(13(16)17)9-10-5-2-1-3-6-10;/h2*1,3-18H2,2H3;2*1-3,5-6,11H,4,7-9H2,(H,14,15)(H,16,17);/q;;;;+4/p-4. The summed E-state index contributed by atoms with van der Waals surface area (Å²) < 4.78 is 3.33. The number of hydrogen-bond acceptors (Lipinski definition) is 8. The number of carboxylic acids is 4. The molecule has 0 fully saturated rings. The second-order valence-electron chi connectivity index (χ2n) is 20.3. The predicted octanol–water partition coefficient (Wildman–Crippen LogP) is 13.1. The molecule has 9 heteroatoms. The fraction of sp³-hybridized carbons (Fsp3) is 0.742. The molecule has 0 saturated carbocycles. The fourth-order valence-electron chi connectivity index (χ4n) is 9.11. The van der Waals surface area contributed by atoms with E-state index in [1.165, 1.54) is 193 Å². The number of rotatable bonds is 48. The van der Waals surface area contributed by atoms with Gasteiger partial charge < -0.3 is 39.6 Å². The first-order chi connectivity index (χ1) is 34.6. The molecule has 0 N–H and O–H groups in total. The second-order valence-corrected chi connectivity index (χ2v) is 24.6. The minimum Gasteiger partial charge on any atom is -0.550 e. The number of carboxylic acid groups (broad SMARTS) is 4. The SMILES string of the molecule is CCCCCCCCCCCCCCCCC[CH2][Sn+4][CH2]CCCCCCCCCCCCCCCCC.O=C([O-])CCCC(Cc1ccccc1)C(=O)[O-].O=C([O-])CCCC(Cc1ccccc1)C(=O)[O-]. The van der Waals surface area contributed by atoms with Gasteiger partial charge in [-0.05, 0) is 62.5 Å². The Hall–Kier alpha value is -2.88. The third kappa shape index (κ3) is 50.4. The monoisotopic (exact) mass is 1090 g/mol. The molecule has 0 aliphatic carbocycles. The van der Waals surface area contributed by atoms with Gasteiger partial charge in [-0.15, -0.1) is 0 Å². The third-order valence-electron chi connectivity index (χ3n) is 13.6. The van der Waals surface area contributed by atoms with Crippen LogP contribution in [0.2, 0.25) is 8.87 Å². The van der Waals surface area contributed by atoms with E-state index in [2.05, 4.69) is 13.8 Å². The molecule has 0 amide bonds. The molecule has 2 rings (SSSR count). The Morgan fingerprint density at radius 3 is 0.817 bits per heavy atom. The molecule has 2 aromatic rings. The number of hydrogen-bond donors (Lipinski definition) is 0. The molecule has 0 heterocycles. The van der Waals surface area contributed by atoms with Crippen LogP contribution in [-0.2, 0) is 32.0 Å². The summed E-state index contributed by atoms with van der Waals surface area (Å²) in [5, 5.41) is 42.3. The molecular formula is C62H102O8Sn. The average Bonchev–Trinajstić information content (AvgIpc) is 3.35. The van der Waals surface area contributed by atoms with Gasteiger partial charge in [-0.2, -0.15) is 0 Å². The maximum absolute atomic E-state index is 10.9. The number of aliphatic carboxylic acids is 4. The van der Waals surface area contributed by atoms with Gasteiger partial charge in [-0.25, -0.2) is 0 Å². The number of carbonyl (C=O) groups excluding carboxylic acids is 4. The van der Waals surface area contributed by atoms with Crippen LogP contribution in [0.15, 0.2) is 60.7 Å². The van der Waals surface area contributed by atoms with Crippen LogP contribution in [0, 0.1) is 11.8 Å². The normalized spacial score (nSPS) is 11.7. The molecule has 2 unspecified atom stereocenters. The first-order valence-corrected chi connectivity index (χ1v) is 33.2. The van der Waals surface area contributed by atoms with Crippen LogP contribution < -0.4 is 20.4 Å². The molecule has 0 spiro atoms. The van der Waals surface area contributed by atoms with E-state index in [1.807, 2.05) is 60.7 Å². The molecule has 0 aliphatic rings. The summed E-state index contributed by atoms with van der Waals surface area (Å²) in [5.74, 6) is -5.85. The first kappa shape index (κ1) is 68.1. The Balaban J connectivity index is 0.00000118. The summed E-state index contributed by atoms with van der Waals surface area (Å²) in [7, 11) is 0. The van der Waals surface area contributed by atoms with Crippen LogP contribution in [-0.4, -0.2) is 45.0 Å². The van der Waals surface area contributed by atoms with Crippen LogP contribution >= 0.6 is 0 Å². The van der Waals surface area contributed by atoms with Gasteiger partial charge in [0.15, 0.2) is 0 Å². The van der Waals surface area contributed by atoms with Gasteiger partial charge in [-0.3, -0.25) is 0 Å². The van der Waals surface area contributed by atoms with Crippen molar-refractivity contribution in [2.45, 2.75) is 280 Å². The quantitative estimate of drug-likeness (QED) is 0.0467. The predicted molar refractivity (Wildman–Crippen MR) is 289 cm³/mol. The summed E-state index contributed by atoms with van der Waals surface area (Å²) in [6.07, 6.45) is 49.6. The average molecular weight is 1090 g/mol. The van der Waals surface area contributed by atoms with Crippen molar-refractivity contribution in [2.24, 2.45) is 11.8 Å². The van der Waals surface area contributed by atoms with Gasteiger partial charge in [0.2, 0.25) is 0 Å². The van der Waals surface area contributed by atoms with Crippen molar-refractivity contribution in [1.82, 2.24) is 0 Å². The zero-order valence-corrected chi connectivity index (χ0v) is 48.2. The second kappa shape index (κ2) is 53.4. The van der Waals surface area contributed by atoms with Crippen LogP contribution in [0.1, 0.15) is 269 Å². The molecule has 6 radical (unpaired) electrons. The fourth-order valence-corrected chi connectivity index (χ4v) is 12.7. The maximum atomic E-state index is 10.9. The van der Waals surface area contributed by atoms with E-state index < -0.39 is 35.7 Å². The van der Waals surface area contributed by atoms with Crippen molar-refractivity contribution in [1.29, 1.82) is 0 Å². The van der Waals surface area contributed by atoms with Crippen molar-refractivity contribution >= 4 is 45.0 Å². The summed E-state index contributed by atoms with van der Waals surface area (Å²) in [6, 6.07) is 18.4. The Morgan fingerprint density at radius 2 is 0.592 bits per heavy atom. The molecule has 402 valence electrons. The van der Waals surface area contributed by atoms with Gasteiger partial charge in [0.05, 0.1) is 0 Å². The van der Waals surface area contributed by atoms with Gasteiger partial charge in [0.1, 0.15) is 0 Å². The van der Waals surface area contributed by atoms with Gasteiger partial charge in [0, 0.05) is 35.7 Å². The topological polar surface area (TPSA) is 161 Å². The van der Waals surface area contributed by atoms with E-state index in [4.69, 9.17) is 0 Å². The number of carbonyl (C=O) groups is 4.